The Morgan fingerprint density at radius 2 is 1.54 bits per heavy atom. The minimum absolute atomic E-state index is 0.235. The topological polar surface area (TPSA) is 56.4 Å². The molecule has 0 radical (unpaired) electrons. The molecule has 2 aromatic rings. The summed E-state index contributed by atoms with van der Waals surface area (Å²) in [6.45, 7) is 10.1. The van der Waals surface area contributed by atoms with Crippen LogP contribution in [-0.2, 0) is 0 Å². The second-order valence-electron chi connectivity index (χ2n) is 6.13. The Kier molecular flexibility index (Phi) is 6.97. The van der Waals surface area contributed by atoms with Crippen LogP contribution in [-0.4, -0.2) is 24.1 Å². The normalized spacial score (nSPS) is 10.2. The molecule has 0 unspecified atom stereocenters. The smallest absolute Gasteiger partial charge is 0.269 e. The molecule has 0 spiro atoms. The second kappa shape index (κ2) is 9.20. The molecule has 0 saturated heterocycles. The standard InChI is InChI=1S/C20H26N4OS/c1-5-24(6-2)18-9-7-16(8-10-18)19(25)22-23-20(26)21-17-12-14(3)11-15(4)13-17/h7-13H,5-6H2,1-4H3,(H,22,25)(H2,21,23,26). The lowest BCUT2D eigenvalue weighted by molar-refractivity contribution is 0.0944. The predicted molar refractivity (Wildman–Crippen MR) is 113 cm³/mol. The van der Waals surface area contributed by atoms with E-state index >= 15 is 0 Å². The summed E-state index contributed by atoms with van der Waals surface area (Å²) in [4.78, 5) is 14.5. The van der Waals surface area contributed by atoms with Gasteiger partial charge in [0.15, 0.2) is 5.11 Å². The predicted octanol–water partition coefficient (Wildman–Crippen LogP) is 3.78. The Bertz CT molecular complexity index is 750. The number of aryl methyl sites for hydroxylation is 2. The van der Waals surface area contributed by atoms with Gasteiger partial charge in [-0.2, -0.15) is 0 Å². The van der Waals surface area contributed by atoms with E-state index in [4.69, 9.17) is 12.2 Å². The van der Waals surface area contributed by atoms with Crippen LogP contribution in [0.3, 0.4) is 0 Å². The summed E-state index contributed by atoms with van der Waals surface area (Å²) in [6, 6.07) is 13.6. The summed E-state index contributed by atoms with van der Waals surface area (Å²) < 4.78 is 0. The fourth-order valence-corrected chi connectivity index (χ4v) is 2.98. The highest BCUT2D eigenvalue weighted by atomic mass is 32.1. The maximum atomic E-state index is 12.3. The lowest BCUT2D eigenvalue weighted by Crippen LogP contribution is -2.43. The van der Waals surface area contributed by atoms with Gasteiger partial charge in [0, 0.05) is 30.0 Å². The summed E-state index contributed by atoms with van der Waals surface area (Å²) in [5.41, 5.74) is 10.2. The first kappa shape index (κ1) is 19.7. The summed E-state index contributed by atoms with van der Waals surface area (Å²) in [7, 11) is 0. The van der Waals surface area contributed by atoms with Crippen molar-refractivity contribution in [3.8, 4) is 0 Å². The molecule has 1 amide bonds. The zero-order valence-electron chi connectivity index (χ0n) is 15.7. The van der Waals surface area contributed by atoms with Gasteiger partial charge in [-0.25, -0.2) is 0 Å². The quantitative estimate of drug-likeness (QED) is 0.552. The minimum atomic E-state index is -0.235. The van der Waals surface area contributed by atoms with E-state index in [0.29, 0.717) is 10.7 Å². The average molecular weight is 371 g/mol. The number of carbonyl (C=O) groups excluding carboxylic acids is 1. The summed E-state index contributed by atoms with van der Waals surface area (Å²) in [6.07, 6.45) is 0. The van der Waals surface area contributed by atoms with Gasteiger partial charge >= 0.3 is 0 Å². The van der Waals surface area contributed by atoms with Gasteiger partial charge in [-0.15, -0.1) is 0 Å². The lowest BCUT2D eigenvalue weighted by atomic mass is 10.1. The van der Waals surface area contributed by atoms with E-state index in [1.54, 1.807) is 0 Å². The van der Waals surface area contributed by atoms with Crippen LogP contribution in [0.4, 0.5) is 11.4 Å². The van der Waals surface area contributed by atoms with Crippen molar-refractivity contribution < 1.29 is 4.79 Å². The van der Waals surface area contributed by atoms with Crippen LogP contribution < -0.4 is 21.1 Å². The van der Waals surface area contributed by atoms with E-state index in [1.165, 1.54) is 0 Å². The molecule has 0 atom stereocenters. The van der Waals surface area contributed by atoms with Crippen LogP contribution in [0, 0.1) is 13.8 Å². The molecule has 138 valence electrons. The molecule has 0 aliphatic rings. The fraction of sp³-hybridized carbons (Fsp3) is 0.300. The van der Waals surface area contributed by atoms with Gasteiger partial charge in [0.25, 0.3) is 5.91 Å². The van der Waals surface area contributed by atoms with Crippen LogP contribution in [0.5, 0.6) is 0 Å². The van der Waals surface area contributed by atoms with Gasteiger partial charge in [-0.1, -0.05) is 6.07 Å². The third kappa shape index (κ3) is 5.46. The Labute approximate surface area is 160 Å². The fourth-order valence-electron chi connectivity index (χ4n) is 2.81. The van der Waals surface area contributed by atoms with Crippen LogP contribution in [0.1, 0.15) is 35.3 Å². The molecule has 6 heteroatoms. The Hall–Kier alpha value is -2.60. The lowest BCUT2D eigenvalue weighted by Gasteiger charge is -2.21. The van der Waals surface area contributed by atoms with E-state index in [9.17, 15) is 4.79 Å². The van der Waals surface area contributed by atoms with Crippen molar-refractivity contribution in [3.63, 3.8) is 0 Å². The SMILES string of the molecule is CCN(CC)c1ccc(C(=O)NNC(=S)Nc2cc(C)cc(C)c2)cc1. The highest BCUT2D eigenvalue weighted by molar-refractivity contribution is 7.80. The van der Waals surface area contributed by atoms with Gasteiger partial charge < -0.3 is 10.2 Å². The first-order chi connectivity index (χ1) is 12.4. The average Bonchev–Trinajstić information content (AvgIpc) is 2.60. The molecule has 3 N–H and O–H groups in total. The van der Waals surface area contributed by atoms with Gasteiger partial charge in [-0.3, -0.25) is 15.6 Å². The van der Waals surface area contributed by atoms with Crippen molar-refractivity contribution in [2.45, 2.75) is 27.7 Å². The Morgan fingerprint density at radius 1 is 0.962 bits per heavy atom. The monoisotopic (exact) mass is 370 g/mol. The first-order valence-corrected chi connectivity index (χ1v) is 9.14. The van der Waals surface area contributed by atoms with Gasteiger partial charge in [0.05, 0.1) is 0 Å². The number of nitrogens with zero attached hydrogens (tertiary/aromatic N) is 1. The van der Waals surface area contributed by atoms with E-state index in [0.717, 1.165) is 35.6 Å². The molecule has 0 aliphatic carbocycles. The molecule has 0 heterocycles. The van der Waals surface area contributed by atoms with E-state index in [-0.39, 0.29) is 5.91 Å². The van der Waals surface area contributed by atoms with Crippen molar-refractivity contribution in [2.24, 2.45) is 0 Å². The van der Waals surface area contributed by atoms with E-state index in [1.807, 2.05) is 50.2 Å². The van der Waals surface area contributed by atoms with E-state index in [2.05, 4.69) is 41.0 Å². The molecular formula is C20H26N4OS. The van der Waals surface area contributed by atoms with Crippen molar-refractivity contribution in [3.05, 3.63) is 59.2 Å². The van der Waals surface area contributed by atoms with Crippen LogP contribution >= 0.6 is 12.2 Å². The molecule has 0 saturated carbocycles. The molecule has 0 bridgehead atoms. The largest absolute Gasteiger partial charge is 0.372 e. The number of anilines is 2. The molecular weight excluding hydrogens is 344 g/mol. The second-order valence-corrected chi connectivity index (χ2v) is 6.54. The number of benzene rings is 2. The number of nitrogens with one attached hydrogen (secondary N) is 3. The van der Waals surface area contributed by atoms with Crippen molar-refractivity contribution in [1.29, 1.82) is 0 Å². The summed E-state index contributed by atoms with van der Waals surface area (Å²) >= 11 is 5.23. The third-order valence-electron chi connectivity index (χ3n) is 4.03. The summed E-state index contributed by atoms with van der Waals surface area (Å²) in [5, 5.41) is 3.40. The number of thiocarbonyl (C=S) groups is 1. The number of hydrogen-bond acceptors (Lipinski definition) is 3. The number of carbonyl (C=O) groups is 1. The molecule has 0 aliphatic heterocycles. The molecule has 0 aromatic heterocycles. The zero-order chi connectivity index (χ0) is 19.1. The van der Waals surface area contributed by atoms with Gasteiger partial charge in [0.1, 0.15) is 0 Å². The first-order valence-electron chi connectivity index (χ1n) is 8.73. The molecule has 26 heavy (non-hydrogen) atoms. The third-order valence-corrected chi connectivity index (χ3v) is 4.23. The number of amides is 1. The van der Waals surface area contributed by atoms with E-state index < -0.39 is 0 Å². The van der Waals surface area contributed by atoms with Crippen LogP contribution in [0.25, 0.3) is 0 Å². The van der Waals surface area contributed by atoms with Crippen molar-refractivity contribution >= 4 is 34.6 Å². The van der Waals surface area contributed by atoms with Crippen molar-refractivity contribution in [2.75, 3.05) is 23.3 Å². The van der Waals surface area contributed by atoms with Crippen LogP contribution in [0.15, 0.2) is 42.5 Å². The highest BCUT2D eigenvalue weighted by Crippen LogP contribution is 2.15. The molecule has 0 fully saturated rings. The maximum absolute atomic E-state index is 12.3. The molecule has 2 rings (SSSR count). The highest BCUT2D eigenvalue weighted by Gasteiger charge is 2.08. The molecule has 5 nitrogen and oxygen atoms in total. The summed E-state index contributed by atoms with van der Waals surface area (Å²) in [5.74, 6) is -0.235. The molecule has 2 aromatic carbocycles. The van der Waals surface area contributed by atoms with Gasteiger partial charge in [-0.05, 0) is 87.4 Å². The Balaban J connectivity index is 1.90. The Morgan fingerprint density at radius 3 is 2.08 bits per heavy atom. The van der Waals surface area contributed by atoms with Gasteiger partial charge in [0.2, 0.25) is 0 Å². The van der Waals surface area contributed by atoms with Crippen molar-refractivity contribution in [1.82, 2.24) is 10.9 Å². The number of hydrogen-bond donors (Lipinski definition) is 3. The number of hydrazine groups is 1. The number of rotatable bonds is 5. The minimum Gasteiger partial charge on any atom is -0.372 e. The zero-order valence-corrected chi connectivity index (χ0v) is 16.5. The maximum Gasteiger partial charge on any atom is 0.269 e. The van der Waals surface area contributed by atoms with Crippen LogP contribution in [0.2, 0.25) is 0 Å².